The third-order valence-corrected chi connectivity index (χ3v) is 4.77. The molecule has 3 rings (SSSR count). The van der Waals surface area contributed by atoms with E-state index in [0.29, 0.717) is 0 Å². The molecule has 0 atom stereocenters. The van der Waals surface area contributed by atoms with Gasteiger partial charge >= 0.3 is 0 Å². The molecular formula is C16H11BrClNS. The second kappa shape index (κ2) is 5.68. The van der Waals surface area contributed by atoms with E-state index in [1.165, 1.54) is 4.88 Å². The highest BCUT2D eigenvalue weighted by Gasteiger charge is 2.11. The Bertz CT molecular complexity index is 749. The number of hydrogen-bond acceptors (Lipinski definition) is 2. The van der Waals surface area contributed by atoms with E-state index in [-0.39, 0.29) is 0 Å². The van der Waals surface area contributed by atoms with Crippen LogP contribution in [0.4, 0.5) is 0 Å². The molecule has 0 fully saturated rings. The Morgan fingerprint density at radius 1 is 1.05 bits per heavy atom. The summed E-state index contributed by atoms with van der Waals surface area (Å²) in [4.78, 5) is 5.98. The van der Waals surface area contributed by atoms with Crippen molar-refractivity contribution < 1.29 is 0 Å². The molecule has 0 radical (unpaired) electrons. The van der Waals surface area contributed by atoms with E-state index in [0.717, 1.165) is 31.3 Å². The van der Waals surface area contributed by atoms with Crippen LogP contribution in [0.2, 0.25) is 5.02 Å². The first-order chi connectivity index (χ1) is 9.63. The van der Waals surface area contributed by atoms with Crippen LogP contribution in [0.3, 0.4) is 0 Å². The molecule has 0 aliphatic carbocycles. The van der Waals surface area contributed by atoms with Gasteiger partial charge in [0.2, 0.25) is 0 Å². The topological polar surface area (TPSA) is 12.9 Å². The predicted octanol–water partition coefficient (Wildman–Crippen LogP) is 6.20. The molecule has 0 N–H and O–H groups in total. The standard InChI is InChI=1S/C16H11BrClNS/c1-10-15(11-5-7-13(17)8-6-11)19-16(20-10)12-3-2-4-14(18)9-12/h2-9H,1H3. The third-order valence-electron chi connectivity index (χ3n) is 2.99. The molecule has 0 spiro atoms. The summed E-state index contributed by atoms with van der Waals surface area (Å²) in [6.07, 6.45) is 0. The number of benzene rings is 2. The molecular weight excluding hydrogens is 354 g/mol. The molecule has 1 heterocycles. The highest BCUT2D eigenvalue weighted by atomic mass is 79.9. The normalized spacial score (nSPS) is 10.8. The summed E-state index contributed by atoms with van der Waals surface area (Å²) in [5, 5.41) is 1.74. The maximum atomic E-state index is 6.05. The van der Waals surface area contributed by atoms with Crippen LogP contribution in [0.25, 0.3) is 21.8 Å². The zero-order chi connectivity index (χ0) is 14.1. The first-order valence-electron chi connectivity index (χ1n) is 6.13. The fourth-order valence-corrected chi connectivity index (χ4v) is 3.40. The smallest absolute Gasteiger partial charge is 0.124 e. The minimum atomic E-state index is 0.737. The summed E-state index contributed by atoms with van der Waals surface area (Å²) in [7, 11) is 0. The lowest BCUT2D eigenvalue weighted by Gasteiger charge is -1.99. The zero-order valence-electron chi connectivity index (χ0n) is 10.7. The molecule has 2 aromatic carbocycles. The third kappa shape index (κ3) is 2.80. The van der Waals surface area contributed by atoms with Crippen LogP contribution in [0.15, 0.2) is 53.0 Å². The Morgan fingerprint density at radius 3 is 2.50 bits per heavy atom. The van der Waals surface area contributed by atoms with E-state index in [1.807, 2.05) is 36.4 Å². The quantitative estimate of drug-likeness (QED) is 0.527. The number of hydrogen-bond donors (Lipinski definition) is 0. The summed E-state index contributed by atoms with van der Waals surface area (Å²) in [5.41, 5.74) is 3.24. The molecule has 0 amide bonds. The Kier molecular flexibility index (Phi) is 3.92. The van der Waals surface area contributed by atoms with E-state index in [9.17, 15) is 0 Å². The molecule has 0 saturated heterocycles. The molecule has 0 aliphatic rings. The average molecular weight is 365 g/mol. The summed E-state index contributed by atoms with van der Waals surface area (Å²) in [5.74, 6) is 0. The number of aryl methyl sites for hydroxylation is 1. The van der Waals surface area contributed by atoms with Gasteiger partial charge in [0.15, 0.2) is 0 Å². The molecule has 100 valence electrons. The fraction of sp³-hybridized carbons (Fsp3) is 0.0625. The molecule has 0 bridgehead atoms. The van der Waals surface area contributed by atoms with Crippen molar-refractivity contribution in [2.45, 2.75) is 6.92 Å². The van der Waals surface area contributed by atoms with Gasteiger partial charge in [-0.25, -0.2) is 4.98 Å². The molecule has 1 aromatic heterocycles. The number of aromatic nitrogens is 1. The van der Waals surface area contributed by atoms with Crippen molar-refractivity contribution in [2.75, 3.05) is 0 Å². The molecule has 1 nitrogen and oxygen atoms in total. The maximum absolute atomic E-state index is 6.05. The van der Waals surface area contributed by atoms with E-state index in [1.54, 1.807) is 11.3 Å². The number of rotatable bonds is 2. The fourth-order valence-electron chi connectivity index (χ4n) is 2.02. The van der Waals surface area contributed by atoms with Gasteiger partial charge in [0.05, 0.1) is 5.69 Å². The van der Waals surface area contributed by atoms with Crippen LogP contribution >= 0.6 is 38.9 Å². The van der Waals surface area contributed by atoms with Crippen LogP contribution in [-0.2, 0) is 0 Å². The van der Waals surface area contributed by atoms with Gasteiger partial charge in [-0.2, -0.15) is 0 Å². The Labute approximate surface area is 135 Å². The molecule has 0 saturated carbocycles. The van der Waals surface area contributed by atoms with Crippen molar-refractivity contribution >= 4 is 38.9 Å². The second-order valence-electron chi connectivity index (χ2n) is 4.44. The van der Waals surface area contributed by atoms with Gasteiger partial charge in [0.25, 0.3) is 0 Å². The predicted molar refractivity (Wildman–Crippen MR) is 90.4 cm³/mol. The number of nitrogens with zero attached hydrogens (tertiary/aromatic N) is 1. The van der Waals surface area contributed by atoms with Gasteiger partial charge in [-0.15, -0.1) is 11.3 Å². The van der Waals surface area contributed by atoms with E-state index in [4.69, 9.17) is 16.6 Å². The van der Waals surface area contributed by atoms with Gasteiger partial charge < -0.3 is 0 Å². The van der Waals surface area contributed by atoms with Gasteiger partial charge in [0.1, 0.15) is 5.01 Å². The minimum absolute atomic E-state index is 0.737. The second-order valence-corrected chi connectivity index (χ2v) is 7.00. The van der Waals surface area contributed by atoms with Crippen molar-refractivity contribution in [3.63, 3.8) is 0 Å². The van der Waals surface area contributed by atoms with Crippen molar-refractivity contribution in [2.24, 2.45) is 0 Å². The number of halogens is 2. The Hall–Kier alpha value is -1.16. The van der Waals surface area contributed by atoms with Gasteiger partial charge in [-0.3, -0.25) is 0 Å². The van der Waals surface area contributed by atoms with Crippen molar-refractivity contribution in [3.05, 3.63) is 62.9 Å². The lowest BCUT2D eigenvalue weighted by Crippen LogP contribution is -1.81. The van der Waals surface area contributed by atoms with Crippen LogP contribution < -0.4 is 0 Å². The van der Waals surface area contributed by atoms with Crippen molar-refractivity contribution in [1.29, 1.82) is 0 Å². The summed E-state index contributed by atoms with van der Waals surface area (Å²) in [6, 6.07) is 16.0. The van der Waals surface area contributed by atoms with E-state index >= 15 is 0 Å². The lowest BCUT2D eigenvalue weighted by molar-refractivity contribution is 1.37. The molecule has 20 heavy (non-hydrogen) atoms. The highest BCUT2D eigenvalue weighted by molar-refractivity contribution is 9.10. The average Bonchev–Trinajstić information content (AvgIpc) is 2.82. The van der Waals surface area contributed by atoms with Crippen LogP contribution in [0.1, 0.15) is 4.88 Å². The molecule has 3 aromatic rings. The van der Waals surface area contributed by atoms with Crippen LogP contribution in [0.5, 0.6) is 0 Å². The first-order valence-corrected chi connectivity index (χ1v) is 8.11. The maximum Gasteiger partial charge on any atom is 0.124 e. The lowest BCUT2D eigenvalue weighted by atomic mass is 10.1. The highest BCUT2D eigenvalue weighted by Crippen LogP contribution is 2.34. The van der Waals surface area contributed by atoms with Gasteiger partial charge in [-0.05, 0) is 31.2 Å². The van der Waals surface area contributed by atoms with Crippen LogP contribution in [0, 0.1) is 6.92 Å². The molecule has 4 heteroatoms. The van der Waals surface area contributed by atoms with Crippen LogP contribution in [-0.4, -0.2) is 4.98 Å². The zero-order valence-corrected chi connectivity index (χ0v) is 13.9. The van der Waals surface area contributed by atoms with Crippen molar-refractivity contribution in [1.82, 2.24) is 4.98 Å². The van der Waals surface area contributed by atoms with E-state index in [2.05, 4.69) is 35.0 Å². The van der Waals surface area contributed by atoms with E-state index < -0.39 is 0 Å². The summed E-state index contributed by atoms with van der Waals surface area (Å²) >= 11 is 11.2. The summed E-state index contributed by atoms with van der Waals surface area (Å²) < 4.78 is 1.07. The van der Waals surface area contributed by atoms with Gasteiger partial charge in [0, 0.05) is 25.5 Å². The monoisotopic (exact) mass is 363 g/mol. The van der Waals surface area contributed by atoms with Gasteiger partial charge in [-0.1, -0.05) is 51.8 Å². The SMILES string of the molecule is Cc1sc(-c2cccc(Cl)c2)nc1-c1ccc(Br)cc1. The molecule has 0 unspecified atom stereocenters. The number of thiazole rings is 1. The first kappa shape index (κ1) is 13.8. The summed E-state index contributed by atoms with van der Waals surface area (Å²) in [6.45, 7) is 2.10. The molecule has 0 aliphatic heterocycles. The Morgan fingerprint density at radius 2 is 1.80 bits per heavy atom. The Balaban J connectivity index is 2.05. The van der Waals surface area contributed by atoms with Crippen molar-refractivity contribution in [3.8, 4) is 21.8 Å². The largest absolute Gasteiger partial charge is 0.236 e. The minimum Gasteiger partial charge on any atom is -0.236 e.